The van der Waals surface area contributed by atoms with Crippen molar-refractivity contribution in [3.63, 3.8) is 0 Å². The molecule has 6 nitrogen and oxygen atoms in total. The van der Waals surface area contributed by atoms with Crippen molar-refractivity contribution in [2.75, 3.05) is 0 Å². The Morgan fingerprint density at radius 2 is 1.30 bits per heavy atom. The zero-order valence-corrected chi connectivity index (χ0v) is 29.1. The van der Waals surface area contributed by atoms with E-state index in [1.807, 2.05) is 34.9 Å². The van der Waals surface area contributed by atoms with Crippen molar-refractivity contribution >= 4 is 116 Å². The van der Waals surface area contributed by atoms with Crippen LogP contribution in [0.1, 0.15) is 17.0 Å². The van der Waals surface area contributed by atoms with Crippen LogP contribution >= 0.6 is 70.4 Å². The Bertz CT molecular complexity index is 2260. The molecule has 0 radical (unpaired) electrons. The molecule has 0 saturated carbocycles. The van der Waals surface area contributed by atoms with Gasteiger partial charge in [-0.3, -0.25) is 4.57 Å². The van der Waals surface area contributed by atoms with Crippen LogP contribution in [0.25, 0.3) is 32.9 Å². The summed E-state index contributed by atoms with van der Waals surface area (Å²) in [7, 11) is 0. The van der Waals surface area contributed by atoms with Crippen molar-refractivity contribution < 1.29 is 4.39 Å². The van der Waals surface area contributed by atoms with Crippen molar-refractivity contribution in [2.24, 2.45) is 20.0 Å². The largest absolute Gasteiger partial charge is 0.278 e. The fourth-order valence-electron chi connectivity index (χ4n) is 6.38. The Hall–Kier alpha value is -3.26. The topological polar surface area (TPSA) is 57.6 Å². The maximum absolute atomic E-state index is 15.2. The summed E-state index contributed by atoms with van der Waals surface area (Å²) < 4.78 is 21.3. The van der Waals surface area contributed by atoms with E-state index >= 15 is 4.39 Å². The van der Waals surface area contributed by atoms with Gasteiger partial charge in [-0.25, -0.2) is 14.3 Å². The molecular formula is C33H15Br3FIN6. The van der Waals surface area contributed by atoms with Gasteiger partial charge in [-0.05, 0) is 106 Å². The van der Waals surface area contributed by atoms with Crippen LogP contribution in [0.2, 0.25) is 0 Å². The van der Waals surface area contributed by atoms with Crippen molar-refractivity contribution in [3.05, 3.63) is 125 Å². The van der Waals surface area contributed by atoms with Gasteiger partial charge in [0.1, 0.15) is 23.3 Å². The molecule has 44 heavy (non-hydrogen) atoms. The third-order valence-corrected chi connectivity index (χ3v) is 10.3. The first kappa shape index (κ1) is 27.1. The lowest BCUT2D eigenvalue weighted by molar-refractivity contribution is 0.629. The molecule has 1 aliphatic carbocycles. The summed E-state index contributed by atoms with van der Waals surface area (Å²) in [5.41, 5.74) is 6.34. The molecule has 5 aromatic rings. The second-order valence-electron chi connectivity index (χ2n) is 10.7. The van der Waals surface area contributed by atoms with Crippen molar-refractivity contribution in [2.45, 2.75) is 5.92 Å². The van der Waals surface area contributed by atoms with Crippen LogP contribution in [0, 0.1) is 3.57 Å². The summed E-state index contributed by atoms with van der Waals surface area (Å²) in [5.74, 6) is 1.46. The quantitative estimate of drug-likeness (QED) is 0.155. The van der Waals surface area contributed by atoms with Crippen LogP contribution < -0.4 is 0 Å². The fourth-order valence-corrected chi connectivity index (χ4v) is 7.95. The van der Waals surface area contributed by atoms with E-state index in [9.17, 15) is 0 Å². The van der Waals surface area contributed by atoms with E-state index in [-0.39, 0.29) is 5.92 Å². The normalized spacial score (nSPS) is 18.2. The highest BCUT2D eigenvalue weighted by Crippen LogP contribution is 2.48. The molecule has 0 bridgehead atoms. The number of hydrogen-bond acceptors (Lipinski definition) is 5. The standard InChI is InChI=1S/C33H15Br3FIN6/c34-15-1-5-20-22(9-15)23-14-19(38)4-6-21(23)30(20)31-39-28-12-18(37)13-29-40-32(42-33(41-31)44(28)29)43-26-7-2-16(35)10-24(26)25-11-17(36)3-8-27(25)43/h1-14,30H. The third-order valence-electron chi connectivity index (χ3n) is 8.14. The summed E-state index contributed by atoms with van der Waals surface area (Å²) in [4.78, 5) is 21.6. The molecule has 1 atom stereocenters. The zero-order chi connectivity index (χ0) is 29.9. The molecule has 4 aliphatic rings. The molecule has 212 valence electrons. The molecule has 3 aliphatic heterocycles. The van der Waals surface area contributed by atoms with Gasteiger partial charge in [0, 0.05) is 39.9 Å². The minimum absolute atomic E-state index is 0.237. The maximum atomic E-state index is 15.2. The second-order valence-corrected chi connectivity index (χ2v) is 14.7. The predicted molar refractivity (Wildman–Crippen MR) is 193 cm³/mol. The van der Waals surface area contributed by atoms with Gasteiger partial charge in [-0.2, -0.15) is 15.0 Å². The SMILES string of the molecule is FC1=CC2=NC(n3c4ccc(Br)cc4c4cc(Br)ccc43)=NC3=NC(C4c5ccc(Br)cc5-c5cc(I)ccc54)=NC(=C1)N23. The molecule has 4 aromatic carbocycles. The number of hydrogen-bond donors (Lipinski definition) is 0. The van der Waals surface area contributed by atoms with Gasteiger partial charge in [-0.1, -0.05) is 59.9 Å². The molecule has 0 N–H and O–H groups in total. The van der Waals surface area contributed by atoms with E-state index < -0.39 is 5.83 Å². The molecule has 0 saturated heterocycles. The highest BCUT2D eigenvalue weighted by atomic mass is 127. The number of rotatable bonds is 1. The Morgan fingerprint density at radius 1 is 0.659 bits per heavy atom. The average molecular weight is 881 g/mol. The number of guanidine groups is 1. The summed E-state index contributed by atoms with van der Waals surface area (Å²) in [6.07, 6.45) is 2.81. The average Bonchev–Trinajstić information content (AvgIpc) is 3.48. The van der Waals surface area contributed by atoms with E-state index in [1.54, 1.807) is 4.90 Å². The summed E-state index contributed by atoms with van der Waals surface area (Å²) in [6, 6.07) is 24.9. The fraction of sp³-hybridized carbons (Fsp3) is 0.0303. The Balaban J connectivity index is 1.27. The molecule has 0 spiro atoms. The smallest absolute Gasteiger partial charge is 0.242 e. The second kappa shape index (κ2) is 9.87. The molecular weight excluding hydrogens is 866 g/mol. The Kier molecular flexibility index (Phi) is 6.07. The van der Waals surface area contributed by atoms with Gasteiger partial charge in [0.25, 0.3) is 0 Å². The van der Waals surface area contributed by atoms with E-state index in [0.717, 1.165) is 61.0 Å². The Morgan fingerprint density at radius 3 is 2.02 bits per heavy atom. The van der Waals surface area contributed by atoms with Crippen molar-refractivity contribution in [1.29, 1.82) is 0 Å². The van der Waals surface area contributed by atoms with Gasteiger partial charge in [0.2, 0.25) is 11.9 Å². The third kappa shape index (κ3) is 4.05. The lowest BCUT2D eigenvalue weighted by Gasteiger charge is -2.32. The van der Waals surface area contributed by atoms with Crippen LogP contribution in [0.3, 0.4) is 0 Å². The molecule has 11 heteroatoms. The molecule has 0 fully saturated rings. The van der Waals surface area contributed by atoms with Gasteiger partial charge in [0.15, 0.2) is 0 Å². The summed E-state index contributed by atoms with van der Waals surface area (Å²) in [5, 5.41) is 2.08. The first-order valence-corrected chi connectivity index (χ1v) is 17.0. The van der Waals surface area contributed by atoms with Crippen molar-refractivity contribution in [3.8, 4) is 11.1 Å². The molecule has 0 amide bonds. The highest BCUT2D eigenvalue weighted by molar-refractivity contribution is 14.1. The maximum Gasteiger partial charge on any atom is 0.242 e. The Labute approximate surface area is 289 Å². The van der Waals surface area contributed by atoms with Gasteiger partial charge in [0.05, 0.1) is 17.0 Å². The molecule has 9 rings (SSSR count). The van der Waals surface area contributed by atoms with Crippen molar-refractivity contribution in [1.82, 2.24) is 9.47 Å². The lowest BCUT2D eigenvalue weighted by Crippen LogP contribution is -2.43. The zero-order valence-electron chi connectivity index (χ0n) is 22.2. The van der Waals surface area contributed by atoms with Gasteiger partial charge in [-0.15, -0.1) is 0 Å². The van der Waals surface area contributed by atoms with E-state index in [2.05, 4.69) is 113 Å². The molecule has 1 aromatic heterocycles. The number of amidine groups is 2. The number of fused-ring (bicyclic) bond motifs is 6. The minimum atomic E-state index is -0.429. The van der Waals surface area contributed by atoms with Crippen LogP contribution in [0.4, 0.5) is 4.39 Å². The van der Waals surface area contributed by atoms with E-state index in [0.29, 0.717) is 29.4 Å². The highest BCUT2D eigenvalue weighted by Gasteiger charge is 2.39. The summed E-state index contributed by atoms with van der Waals surface area (Å²) >= 11 is 13.2. The number of halogens is 5. The van der Waals surface area contributed by atoms with Crippen LogP contribution in [0.15, 0.2) is 130 Å². The number of aliphatic imine (C=N–C) groups is 4. The first-order chi connectivity index (χ1) is 21.3. The molecule has 4 heterocycles. The molecule has 1 unspecified atom stereocenters. The van der Waals surface area contributed by atoms with Gasteiger partial charge >= 0.3 is 0 Å². The summed E-state index contributed by atoms with van der Waals surface area (Å²) in [6.45, 7) is 0. The monoisotopic (exact) mass is 878 g/mol. The minimum Gasteiger partial charge on any atom is -0.278 e. The lowest BCUT2D eigenvalue weighted by atomic mass is 9.95. The van der Waals surface area contributed by atoms with Gasteiger partial charge < -0.3 is 0 Å². The number of allylic oxidation sites excluding steroid dienone is 2. The van der Waals surface area contributed by atoms with E-state index in [1.165, 1.54) is 12.2 Å². The number of benzene rings is 4. The predicted octanol–water partition coefficient (Wildman–Crippen LogP) is 9.89. The number of nitrogens with zero attached hydrogens (tertiary/aromatic N) is 6. The van der Waals surface area contributed by atoms with Crippen LogP contribution in [0.5, 0.6) is 0 Å². The van der Waals surface area contributed by atoms with Crippen LogP contribution in [-0.4, -0.2) is 33.1 Å². The van der Waals surface area contributed by atoms with E-state index in [4.69, 9.17) is 20.0 Å². The number of aromatic nitrogens is 1. The van der Waals surface area contributed by atoms with Crippen LogP contribution in [-0.2, 0) is 0 Å². The first-order valence-electron chi connectivity index (χ1n) is 13.5.